The SMILES string of the molecule is CCN(CC)c1ccc(N(CC)CC)c(N2CCN(CC(=O)[C@H]3[C@H](C)C[C@H]4[C@@H]5CCC6=CC(=O)C=C[C@]6(C)C5=CC[C@@]43C)CC2)n1.[Cl-].[H+]. The van der Waals surface area contributed by atoms with Crippen molar-refractivity contribution in [1.82, 2.24) is 9.88 Å². The number of allylic oxidation sites excluding steroid dienone is 6. The van der Waals surface area contributed by atoms with E-state index < -0.39 is 0 Å². The Kier molecular flexibility index (Phi) is 10.7. The van der Waals surface area contributed by atoms with Crippen LogP contribution in [-0.2, 0) is 9.59 Å². The molecule has 258 valence electrons. The van der Waals surface area contributed by atoms with Crippen LogP contribution in [0.5, 0.6) is 0 Å². The summed E-state index contributed by atoms with van der Waals surface area (Å²) in [7, 11) is 0. The molecule has 1 saturated heterocycles. The molecule has 0 radical (unpaired) electrons. The third-order valence-electron chi connectivity index (χ3n) is 12.7. The molecule has 2 saturated carbocycles. The number of nitrogens with zero attached hydrogens (tertiary/aromatic N) is 5. The highest BCUT2D eigenvalue weighted by molar-refractivity contribution is 6.01. The maximum atomic E-state index is 14.3. The fraction of sp³-hybridized carbons (Fsp3) is 0.667. The molecule has 0 bridgehead atoms. The predicted octanol–water partition coefficient (Wildman–Crippen LogP) is 3.67. The van der Waals surface area contributed by atoms with Gasteiger partial charge in [0.15, 0.2) is 17.4 Å². The molecular formula is C39H58ClN5O2. The molecule has 0 spiro atoms. The van der Waals surface area contributed by atoms with Crippen molar-refractivity contribution >= 4 is 28.9 Å². The first-order valence-electron chi connectivity index (χ1n) is 18.2. The molecule has 1 aliphatic heterocycles. The number of rotatable bonds is 10. The van der Waals surface area contributed by atoms with Gasteiger partial charge in [0.25, 0.3) is 0 Å². The summed E-state index contributed by atoms with van der Waals surface area (Å²) in [6, 6.07) is 4.44. The van der Waals surface area contributed by atoms with Gasteiger partial charge in [-0.2, -0.15) is 0 Å². The minimum Gasteiger partial charge on any atom is -1.00 e. The zero-order valence-corrected chi connectivity index (χ0v) is 30.7. The van der Waals surface area contributed by atoms with Gasteiger partial charge in [-0.3, -0.25) is 14.5 Å². The molecule has 5 aliphatic rings. The Balaban J connectivity index is 0.00000260. The smallest absolute Gasteiger partial charge is 1.00 e. The number of ketones is 2. The average molecular weight is 664 g/mol. The van der Waals surface area contributed by atoms with Gasteiger partial charge in [0.05, 0.1) is 12.2 Å². The zero-order chi connectivity index (χ0) is 32.8. The van der Waals surface area contributed by atoms with Crippen LogP contribution in [0.2, 0.25) is 0 Å². The first-order valence-corrected chi connectivity index (χ1v) is 18.2. The second kappa shape index (κ2) is 14.1. The molecule has 7 nitrogen and oxygen atoms in total. The number of piperazine rings is 1. The Morgan fingerprint density at radius 3 is 2.36 bits per heavy atom. The Labute approximate surface area is 291 Å². The number of carbonyl (C=O) groups is 2. The van der Waals surface area contributed by atoms with Crippen molar-refractivity contribution in [2.75, 3.05) is 73.6 Å². The van der Waals surface area contributed by atoms with Gasteiger partial charge in [-0.25, -0.2) is 4.98 Å². The van der Waals surface area contributed by atoms with Crippen LogP contribution < -0.4 is 27.1 Å². The van der Waals surface area contributed by atoms with E-state index >= 15 is 0 Å². The second-order valence-corrected chi connectivity index (χ2v) is 15.0. The summed E-state index contributed by atoms with van der Waals surface area (Å²) in [6.07, 6.45) is 12.5. The Morgan fingerprint density at radius 2 is 1.70 bits per heavy atom. The molecule has 6 rings (SSSR count). The van der Waals surface area contributed by atoms with Crippen molar-refractivity contribution in [3.8, 4) is 0 Å². The number of anilines is 3. The number of Topliss-reactive ketones (excluding diaryl/α,β-unsaturated/α-hetero) is 1. The third kappa shape index (κ3) is 6.20. The first kappa shape index (κ1) is 35.7. The van der Waals surface area contributed by atoms with Crippen molar-refractivity contribution < 1.29 is 23.4 Å². The average Bonchev–Trinajstić information content (AvgIpc) is 3.33. The summed E-state index contributed by atoms with van der Waals surface area (Å²) in [5.41, 5.74) is 3.88. The lowest BCUT2D eigenvalue weighted by Gasteiger charge is -2.52. The Hall–Kier alpha value is -2.64. The Bertz CT molecular complexity index is 1430. The first-order chi connectivity index (χ1) is 22.1. The van der Waals surface area contributed by atoms with E-state index in [9.17, 15) is 9.59 Å². The van der Waals surface area contributed by atoms with Crippen LogP contribution in [0.25, 0.3) is 0 Å². The van der Waals surface area contributed by atoms with E-state index in [0.717, 1.165) is 89.7 Å². The van der Waals surface area contributed by atoms with Gasteiger partial charge in [0, 0.05) is 63.7 Å². The molecule has 6 atom stereocenters. The molecule has 1 aromatic rings. The molecule has 47 heavy (non-hydrogen) atoms. The van der Waals surface area contributed by atoms with Crippen LogP contribution in [0, 0.1) is 34.5 Å². The van der Waals surface area contributed by atoms with Crippen molar-refractivity contribution in [3.63, 3.8) is 0 Å². The van der Waals surface area contributed by atoms with E-state index in [1.165, 1.54) is 16.8 Å². The zero-order valence-electron chi connectivity index (χ0n) is 30.9. The van der Waals surface area contributed by atoms with E-state index in [1.807, 2.05) is 6.08 Å². The van der Waals surface area contributed by atoms with Gasteiger partial charge < -0.3 is 27.1 Å². The number of aromatic nitrogens is 1. The van der Waals surface area contributed by atoms with Gasteiger partial charge in [0.2, 0.25) is 0 Å². The molecule has 1 aromatic heterocycles. The van der Waals surface area contributed by atoms with Crippen LogP contribution in [0.3, 0.4) is 0 Å². The third-order valence-corrected chi connectivity index (χ3v) is 12.7. The quantitative estimate of drug-likeness (QED) is 0.354. The van der Waals surface area contributed by atoms with E-state index in [1.54, 1.807) is 6.08 Å². The van der Waals surface area contributed by atoms with Gasteiger partial charge >= 0.3 is 1.43 Å². The largest absolute Gasteiger partial charge is 1.00 e. The van der Waals surface area contributed by atoms with E-state index in [0.29, 0.717) is 30.1 Å². The fourth-order valence-electron chi connectivity index (χ4n) is 10.2. The van der Waals surface area contributed by atoms with E-state index in [2.05, 4.69) is 92.4 Å². The molecule has 0 N–H and O–H groups in total. The summed E-state index contributed by atoms with van der Waals surface area (Å²) >= 11 is 0. The highest BCUT2D eigenvalue weighted by Gasteiger charge is 2.59. The summed E-state index contributed by atoms with van der Waals surface area (Å²) in [4.78, 5) is 41.2. The summed E-state index contributed by atoms with van der Waals surface area (Å²) in [6.45, 7) is 23.7. The normalized spacial score (nSPS) is 31.6. The standard InChI is InChI=1S/C39H57N5O2.ClH/c1-8-42(9-2)33-14-15-35(43(10-3)11-4)40-37(33)44-22-20-41(21-23-44)26-34(46)36-27(5)24-32-30-13-12-28-25-29(45)16-18-38(28,6)31(30)17-19-39(32,36)7;/h14-18,25,27,30,32,36H,8-13,19-24,26H2,1-7H3;1H/t27-,30-,32+,36-,38+,39+;/m1./s1. The van der Waals surface area contributed by atoms with E-state index in [4.69, 9.17) is 4.98 Å². The maximum absolute atomic E-state index is 14.3. The van der Waals surface area contributed by atoms with Gasteiger partial charge in [-0.15, -0.1) is 0 Å². The lowest BCUT2D eigenvalue weighted by molar-refractivity contribution is -0.129. The monoisotopic (exact) mass is 663 g/mol. The van der Waals surface area contributed by atoms with Crippen LogP contribution in [0.4, 0.5) is 17.3 Å². The highest BCUT2D eigenvalue weighted by atomic mass is 35.5. The minimum atomic E-state index is -0.131. The van der Waals surface area contributed by atoms with E-state index in [-0.39, 0.29) is 36.4 Å². The number of fused-ring (bicyclic) bond motifs is 5. The Morgan fingerprint density at radius 1 is 1.02 bits per heavy atom. The topological polar surface area (TPSA) is 60.0 Å². The lowest BCUT2D eigenvalue weighted by atomic mass is 9.52. The molecule has 4 aliphatic carbocycles. The van der Waals surface area contributed by atoms with Crippen molar-refractivity contribution in [2.45, 2.75) is 74.1 Å². The minimum absolute atomic E-state index is 0. The van der Waals surface area contributed by atoms with Crippen LogP contribution in [0.1, 0.15) is 75.6 Å². The van der Waals surface area contributed by atoms with Gasteiger partial charge in [-0.1, -0.05) is 37.1 Å². The summed E-state index contributed by atoms with van der Waals surface area (Å²) in [5.74, 6) is 4.23. The number of pyridine rings is 1. The number of halogens is 1. The van der Waals surface area contributed by atoms with Crippen molar-refractivity contribution in [1.29, 1.82) is 0 Å². The highest BCUT2D eigenvalue weighted by Crippen LogP contribution is 2.65. The molecule has 2 heterocycles. The molecule has 0 unspecified atom stereocenters. The molecule has 3 fully saturated rings. The van der Waals surface area contributed by atoms with Crippen molar-refractivity contribution in [3.05, 3.63) is 47.6 Å². The fourth-order valence-corrected chi connectivity index (χ4v) is 10.2. The second-order valence-electron chi connectivity index (χ2n) is 15.0. The summed E-state index contributed by atoms with van der Waals surface area (Å²) < 4.78 is 0. The van der Waals surface area contributed by atoms with Gasteiger partial charge in [0.1, 0.15) is 5.82 Å². The molecule has 0 aromatic carbocycles. The predicted molar refractivity (Wildman–Crippen MR) is 191 cm³/mol. The van der Waals surface area contributed by atoms with Crippen LogP contribution in [-0.4, -0.2) is 80.4 Å². The number of carbonyl (C=O) groups excluding carboxylic acids is 2. The maximum Gasteiger partial charge on any atom is 1.00 e. The van der Waals surface area contributed by atoms with Crippen LogP contribution in [0.15, 0.2) is 47.6 Å². The lowest BCUT2D eigenvalue weighted by Crippen LogP contribution is -3.00. The molecule has 0 amide bonds. The number of hydrogen-bond acceptors (Lipinski definition) is 7. The molecule has 8 heteroatoms. The molecular weight excluding hydrogens is 606 g/mol. The van der Waals surface area contributed by atoms with Crippen LogP contribution >= 0.6 is 0 Å². The number of hydrogen-bond donors (Lipinski definition) is 0. The van der Waals surface area contributed by atoms with Crippen molar-refractivity contribution in [2.24, 2.45) is 34.5 Å². The van der Waals surface area contributed by atoms with Gasteiger partial charge in [-0.05, 0) is 108 Å². The summed E-state index contributed by atoms with van der Waals surface area (Å²) in [5, 5.41) is 0.